The number of aromatic amines is 2. The number of fused-ring (bicyclic) bond motifs is 2. The van der Waals surface area contributed by atoms with Crippen molar-refractivity contribution in [2.24, 2.45) is 0 Å². The van der Waals surface area contributed by atoms with Crippen molar-refractivity contribution in [3.8, 4) is 34.0 Å². The number of benzene rings is 2. The van der Waals surface area contributed by atoms with Gasteiger partial charge in [-0.15, -0.1) is 0 Å². The zero-order chi connectivity index (χ0) is 17.6. The number of phenols is 2. The van der Waals surface area contributed by atoms with Gasteiger partial charge in [-0.05, 0) is 48.5 Å². The van der Waals surface area contributed by atoms with Crippen LogP contribution in [0.3, 0.4) is 0 Å². The van der Waals surface area contributed by atoms with E-state index in [-0.39, 0.29) is 22.4 Å². The largest absolute Gasteiger partial charge is 0.506 e. The van der Waals surface area contributed by atoms with Crippen molar-refractivity contribution in [3.63, 3.8) is 0 Å². The number of nitrogens with one attached hydrogen (secondary N) is 2. The van der Waals surface area contributed by atoms with E-state index in [2.05, 4.69) is 9.97 Å². The molecular weight excluding hydrogens is 320 g/mol. The highest BCUT2D eigenvalue weighted by Gasteiger charge is 2.14. The van der Waals surface area contributed by atoms with E-state index in [4.69, 9.17) is 0 Å². The summed E-state index contributed by atoms with van der Waals surface area (Å²) in [5.41, 5.74) is 2.80. The Morgan fingerprint density at radius 1 is 0.640 bits per heavy atom. The summed E-state index contributed by atoms with van der Waals surface area (Å²) >= 11 is 0. The lowest BCUT2D eigenvalue weighted by atomic mass is 10.0. The maximum atomic E-state index is 11.8. The van der Waals surface area contributed by atoms with E-state index >= 15 is 0 Å². The highest BCUT2D eigenvalue weighted by molar-refractivity contribution is 5.68. The molecule has 6 heteroatoms. The monoisotopic (exact) mass is 334 g/mol. The summed E-state index contributed by atoms with van der Waals surface area (Å²) in [7, 11) is 0. The normalized spacial score (nSPS) is 11.2. The molecule has 0 saturated heterocycles. The predicted molar refractivity (Wildman–Crippen MR) is 93.5 cm³/mol. The zero-order valence-corrected chi connectivity index (χ0v) is 13.0. The van der Waals surface area contributed by atoms with Gasteiger partial charge >= 0.3 is 0 Å². The van der Waals surface area contributed by atoms with Gasteiger partial charge in [0.05, 0.1) is 11.4 Å². The number of pyridine rings is 2. The molecule has 6 nitrogen and oxygen atoms in total. The summed E-state index contributed by atoms with van der Waals surface area (Å²) in [5.74, 6) is 0.0140. The molecule has 2 aliphatic carbocycles. The number of aromatic nitrogens is 2. The van der Waals surface area contributed by atoms with E-state index in [1.165, 1.54) is 24.3 Å². The summed E-state index contributed by atoms with van der Waals surface area (Å²) in [6.45, 7) is 0. The van der Waals surface area contributed by atoms with Crippen molar-refractivity contribution in [2.75, 3.05) is 0 Å². The second kappa shape index (κ2) is 5.52. The first kappa shape index (κ1) is 15.0. The lowest BCUT2D eigenvalue weighted by molar-refractivity contribution is 0.474. The maximum Gasteiger partial charge on any atom is 0.188 e. The number of hydrogen-bond donors (Lipinski definition) is 4. The predicted octanol–water partition coefficient (Wildman–Crippen LogP) is 2.27. The maximum absolute atomic E-state index is 11.8. The summed E-state index contributed by atoms with van der Waals surface area (Å²) in [5, 5.41) is 19.9. The van der Waals surface area contributed by atoms with Crippen molar-refractivity contribution in [3.05, 3.63) is 80.4 Å². The van der Waals surface area contributed by atoms with Gasteiger partial charge in [0.2, 0.25) is 0 Å². The van der Waals surface area contributed by atoms with Crippen molar-refractivity contribution in [1.29, 1.82) is 0 Å². The van der Waals surface area contributed by atoms with Crippen LogP contribution in [0.5, 0.6) is 11.5 Å². The van der Waals surface area contributed by atoms with Crippen LogP contribution in [0.15, 0.2) is 58.1 Å². The van der Waals surface area contributed by atoms with Gasteiger partial charge in [0, 0.05) is 28.9 Å². The Morgan fingerprint density at radius 3 is 1.52 bits per heavy atom. The second-order valence-corrected chi connectivity index (χ2v) is 5.89. The fraction of sp³-hybridized carbons (Fsp3) is 0.0526. The van der Waals surface area contributed by atoms with E-state index in [1.807, 2.05) is 0 Å². The summed E-state index contributed by atoms with van der Waals surface area (Å²) < 4.78 is 0. The number of aromatic hydroxyl groups is 2. The van der Waals surface area contributed by atoms with Gasteiger partial charge in [0.1, 0.15) is 11.5 Å². The smallest absolute Gasteiger partial charge is 0.188 e. The van der Waals surface area contributed by atoms with Gasteiger partial charge in [0.15, 0.2) is 10.9 Å². The molecule has 0 unspecified atom stereocenters. The average molecular weight is 334 g/mol. The molecule has 4 rings (SSSR count). The molecular formula is C19H14N2O4. The van der Waals surface area contributed by atoms with Crippen molar-refractivity contribution in [1.82, 2.24) is 9.97 Å². The first-order valence-electron chi connectivity index (χ1n) is 7.71. The van der Waals surface area contributed by atoms with Gasteiger partial charge in [-0.1, -0.05) is 0 Å². The van der Waals surface area contributed by atoms with Crippen LogP contribution >= 0.6 is 0 Å². The zero-order valence-electron chi connectivity index (χ0n) is 13.0. The third-order valence-electron chi connectivity index (χ3n) is 4.22. The van der Waals surface area contributed by atoms with Crippen LogP contribution in [0.1, 0.15) is 11.4 Å². The van der Waals surface area contributed by atoms with Crippen LogP contribution in [0.4, 0.5) is 0 Å². The van der Waals surface area contributed by atoms with Gasteiger partial charge in [-0.25, -0.2) is 0 Å². The molecule has 0 aromatic heterocycles. The fourth-order valence-electron chi connectivity index (χ4n) is 2.96. The van der Waals surface area contributed by atoms with Crippen LogP contribution in [0, 0.1) is 0 Å². The van der Waals surface area contributed by atoms with Crippen LogP contribution < -0.4 is 10.9 Å². The molecule has 0 aromatic rings. The molecule has 4 aliphatic rings. The molecule has 0 spiro atoms. The number of rotatable bonds is 2. The van der Waals surface area contributed by atoms with E-state index in [9.17, 15) is 19.8 Å². The van der Waals surface area contributed by atoms with Crippen LogP contribution in [0.2, 0.25) is 0 Å². The molecule has 4 N–H and O–H groups in total. The minimum atomic E-state index is -0.166. The van der Waals surface area contributed by atoms with Crippen molar-refractivity contribution < 1.29 is 10.2 Å². The molecule has 0 atom stereocenters. The third-order valence-corrected chi connectivity index (χ3v) is 4.22. The topological polar surface area (TPSA) is 106 Å². The first-order valence-corrected chi connectivity index (χ1v) is 7.71. The molecule has 25 heavy (non-hydrogen) atoms. The number of phenolic OH excluding ortho intramolecular Hbond substituents is 2. The average Bonchev–Trinajstić information content (AvgIpc) is 2.62. The Hall–Kier alpha value is -3.54. The van der Waals surface area contributed by atoms with Gasteiger partial charge < -0.3 is 20.2 Å². The lowest BCUT2D eigenvalue weighted by Crippen LogP contribution is -2.08. The number of hydrogen-bond acceptors (Lipinski definition) is 4. The Balaban J connectivity index is 1.79. The van der Waals surface area contributed by atoms with Crippen molar-refractivity contribution in [2.45, 2.75) is 6.42 Å². The summed E-state index contributed by atoms with van der Waals surface area (Å²) in [4.78, 5) is 29.8. The Bertz CT molecular complexity index is 1050. The molecule has 2 heterocycles. The minimum Gasteiger partial charge on any atom is -0.506 e. The SMILES string of the molecule is O=c1ccc(O)c2[nH]c(Cc3ccc4c(=O)ccc(O)c-4[nH]3)ccc1-2. The summed E-state index contributed by atoms with van der Waals surface area (Å²) in [6.07, 6.45) is 0.441. The van der Waals surface area contributed by atoms with E-state index in [0.29, 0.717) is 28.9 Å². The Kier molecular flexibility index (Phi) is 3.32. The molecule has 0 saturated carbocycles. The molecule has 0 fully saturated rings. The lowest BCUT2D eigenvalue weighted by Gasteiger charge is -2.12. The first-order chi connectivity index (χ1) is 12.0. The highest BCUT2D eigenvalue weighted by Crippen LogP contribution is 2.28. The van der Waals surface area contributed by atoms with E-state index in [1.54, 1.807) is 24.3 Å². The molecule has 124 valence electrons. The minimum absolute atomic E-state index is 0.00702. The second-order valence-electron chi connectivity index (χ2n) is 5.89. The molecule has 0 amide bonds. The van der Waals surface area contributed by atoms with Crippen LogP contribution in [-0.4, -0.2) is 20.2 Å². The van der Waals surface area contributed by atoms with Crippen molar-refractivity contribution >= 4 is 0 Å². The standard InChI is InChI=1S/C19H14N2O4/c22-14-5-7-16(24)18-12(14)3-1-10(20-18)9-11-2-4-13-15(23)6-8-17(25)19(13)21-11/h1-8,20-21,24-25H,9H2. The molecule has 0 aromatic carbocycles. The number of H-pyrrole nitrogens is 2. The Labute approximate surface area is 141 Å². The quantitative estimate of drug-likeness (QED) is 0.451. The van der Waals surface area contributed by atoms with Gasteiger partial charge in [-0.3, -0.25) is 9.59 Å². The van der Waals surface area contributed by atoms with Crippen LogP contribution in [-0.2, 0) is 6.42 Å². The third kappa shape index (κ3) is 2.53. The molecule has 2 aliphatic heterocycles. The van der Waals surface area contributed by atoms with E-state index in [0.717, 1.165) is 11.4 Å². The highest BCUT2D eigenvalue weighted by atomic mass is 16.3. The Morgan fingerprint density at radius 2 is 1.08 bits per heavy atom. The van der Waals surface area contributed by atoms with Gasteiger partial charge in [-0.2, -0.15) is 0 Å². The van der Waals surface area contributed by atoms with E-state index < -0.39 is 0 Å². The van der Waals surface area contributed by atoms with Crippen LogP contribution in [0.25, 0.3) is 22.5 Å². The molecule has 0 bridgehead atoms. The fourth-order valence-corrected chi connectivity index (χ4v) is 2.96. The molecule has 0 radical (unpaired) electrons. The van der Waals surface area contributed by atoms with Gasteiger partial charge in [0.25, 0.3) is 0 Å². The summed E-state index contributed by atoms with van der Waals surface area (Å²) in [6, 6.07) is 12.2.